The van der Waals surface area contributed by atoms with Crippen LogP contribution in [0.2, 0.25) is 0 Å². The molecule has 0 spiro atoms. The molecule has 5 nitrogen and oxygen atoms in total. The van der Waals surface area contributed by atoms with Crippen LogP contribution in [0.5, 0.6) is 0 Å². The summed E-state index contributed by atoms with van der Waals surface area (Å²) in [4.78, 5) is 7.29. The van der Waals surface area contributed by atoms with Crippen LogP contribution in [0, 0.1) is 11.6 Å². The van der Waals surface area contributed by atoms with Crippen LogP contribution in [0.15, 0.2) is 35.6 Å². The van der Waals surface area contributed by atoms with Crippen molar-refractivity contribution in [2.24, 2.45) is 10.7 Å². The lowest BCUT2D eigenvalue weighted by atomic mass is 10.1. The van der Waals surface area contributed by atoms with Gasteiger partial charge in [-0.25, -0.2) is 13.8 Å². The number of H-pyrrole nitrogens is 1. The number of nitrogens with one attached hydrogen (secondary N) is 2. The van der Waals surface area contributed by atoms with Gasteiger partial charge >= 0.3 is 0 Å². The molecule has 0 saturated carbocycles. The van der Waals surface area contributed by atoms with Crippen LogP contribution in [-0.4, -0.2) is 15.4 Å². The summed E-state index contributed by atoms with van der Waals surface area (Å²) in [5.74, 6) is 0.0802. The zero-order valence-corrected chi connectivity index (χ0v) is 13.3. The van der Waals surface area contributed by atoms with Gasteiger partial charge in [0.2, 0.25) is 0 Å². The van der Waals surface area contributed by atoms with E-state index in [-0.39, 0.29) is 11.6 Å². The first kappa shape index (κ1) is 14.9. The molecule has 4 rings (SSSR count). The lowest BCUT2D eigenvalue weighted by Crippen LogP contribution is -2.26. The number of nitrogens with two attached hydrogens (primary N) is 1. The van der Waals surface area contributed by atoms with E-state index in [1.165, 1.54) is 6.07 Å². The van der Waals surface area contributed by atoms with Crippen molar-refractivity contribution in [1.82, 2.24) is 9.55 Å². The molecule has 0 aliphatic carbocycles. The molecule has 124 valence electrons. The predicted molar refractivity (Wildman–Crippen MR) is 90.1 cm³/mol. The van der Waals surface area contributed by atoms with Crippen LogP contribution in [-0.2, 0) is 0 Å². The third-order valence-electron chi connectivity index (χ3n) is 4.29. The Balaban J connectivity index is 1.85. The second-order valence-electron chi connectivity index (χ2n) is 6.18. The molecule has 1 aliphatic rings. The molecule has 2 aromatic heterocycles. The molecule has 1 aliphatic heterocycles. The van der Waals surface area contributed by atoms with Gasteiger partial charge in [-0.2, -0.15) is 0 Å². The van der Waals surface area contributed by atoms with Crippen LogP contribution in [0.3, 0.4) is 0 Å². The normalized spacial score (nSPS) is 17.1. The van der Waals surface area contributed by atoms with Crippen molar-refractivity contribution in [1.29, 1.82) is 0 Å². The molecule has 1 unspecified atom stereocenters. The monoisotopic (exact) mass is 329 g/mol. The van der Waals surface area contributed by atoms with Crippen LogP contribution in [0.4, 0.5) is 14.6 Å². The fourth-order valence-corrected chi connectivity index (χ4v) is 3.11. The van der Waals surface area contributed by atoms with Gasteiger partial charge in [-0.3, -0.25) is 0 Å². The van der Waals surface area contributed by atoms with Gasteiger partial charge in [0.1, 0.15) is 29.5 Å². The Morgan fingerprint density at radius 1 is 1.29 bits per heavy atom. The van der Waals surface area contributed by atoms with Crippen LogP contribution >= 0.6 is 0 Å². The molecule has 0 saturated heterocycles. The maximum absolute atomic E-state index is 13.9. The summed E-state index contributed by atoms with van der Waals surface area (Å²) in [5, 5.41) is 3.69. The number of benzene rings is 1. The average Bonchev–Trinajstić information content (AvgIpc) is 3.10. The molecule has 1 atom stereocenters. The highest BCUT2D eigenvalue weighted by Gasteiger charge is 2.25. The summed E-state index contributed by atoms with van der Waals surface area (Å²) >= 11 is 0. The first-order valence-corrected chi connectivity index (χ1v) is 7.73. The number of aliphatic imine (C=N–C) groups is 1. The smallest absolute Gasteiger partial charge is 0.150 e. The summed E-state index contributed by atoms with van der Waals surface area (Å²) in [6, 6.07) is 4.32. The zero-order valence-electron chi connectivity index (χ0n) is 13.3. The van der Waals surface area contributed by atoms with E-state index in [2.05, 4.69) is 33.7 Å². The Morgan fingerprint density at radius 3 is 2.83 bits per heavy atom. The molecule has 7 heteroatoms. The third-order valence-corrected chi connectivity index (χ3v) is 4.29. The Hall–Kier alpha value is -2.67. The van der Waals surface area contributed by atoms with Crippen molar-refractivity contribution in [3.05, 3.63) is 53.4 Å². The van der Waals surface area contributed by atoms with E-state index in [0.717, 1.165) is 17.4 Å². The molecule has 0 bridgehead atoms. The number of hydrogen-bond acceptors (Lipinski definition) is 3. The van der Waals surface area contributed by atoms with Crippen molar-refractivity contribution < 1.29 is 8.78 Å². The molecule has 4 N–H and O–H groups in total. The van der Waals surface area contributed by atoms with Crippen LogP contribution in [0.25, 0.3) is 10.9 Å². The minimum atomic E-state index is -0.636. The maximum atomic E-state index is 13.9. The Morgan fingerprint density at radius 2 is 2.08 bits per heavy atom. The maximum Gasteiger partial charge on any atom is 0.150 e. The van der Waals surface area contributed by atoms with Gasteiger partial charge in [0.25, 0.3) is 0 Å². The number of hydrogen-bond donors (Lipinski definition) is 3. The molecule has 3 aromatic rings. The molecule has 3 heterocycles. The zero-order chi connectivity index (χ0) is 17.0. The highest BCUT2D eigenvalue weighted by atomic mass is 19.1. The second kappa shape index (κ2) is 5.17. The molecule has 0 amide bonds. The van der Waals surface area contributed by atoms with Gasteiger partial charge in [0.05, 0.1) is 5.52 Å². The lowest BCUT2D eigenvalue weighted by Gasteiger charge is -2.23. The van der Waals surface area contributed by atoms with Crippen molar-refractivity contribution >= 4 is 22.6 Å². The minimum absolute atomic E-state index is 0.241. The van der Waals surface area contributed by atoms with Crippen molar-refractivity contribution in [2.45, 2.75) is 26.1 Å². The Kier molecular flexibility index (Phi) is 3.21. The molecule has 0 radical (unpaired) electrons. The number of amidine groups is 1. The SMILES string of the molecule is CC(C)n1ccc2c1NC(c1c[nH]c3c(F)cc(F)cc13)=NC2N. The molecular weight excluding hydrogens is 312 g/mol. The molecular formula is C17H17F2N5. The standard InChI is InChI=1S/C17H17F2N5/c1-8(2)24-4-3-10-15(20)22-16(23-17(10)24)12-7-21-14-11(12)5-9(18)6-13(14)19/h3-8,15,21H,20H2,1-2H3,(H,22,23). The van der Waals surface area contributed by atoms with E-state index in [4.69, 9.17) is 5.73 Å². The first-order chi connectivity index (χ1) is 11.5. The Bertz CT molecular complexity index is 967. The predicted octanol–water partition coefficient (Wildman–Crippen LogP) is 3.66. The van der Waals surface area contributed by atoms with Gasteiger partial charge in [-0.15, -0.1) is 0 Å². The van der Waals surface area contributed by atoms with Crippen molar-refractivity contribution in [2.75, 3.05) is 5.32 Å². The number of nitrogens with zero attached hydrogens (tertiary/aromatic N) is 2. The average molecular weight is 329 g/mol. The van der Waals surface area contributed by atoms with E-state index < -0.39 is 17.8 Å². The second-order valence-corrected chi connectivity index (χ2v) is 6.18. The van der Waals surface area contributed by atoms with Crippen molar-refractivity contribution in [3.63, 3.8) is 0 Å². The fraction of sp³-hybridized carbons (Fsp3) is 0.235. The summed E-state index contributed by atoms with van der Waals surface area (Å²) in [6.45, 7) is 4.13. The van der Waals surface area contributed by atoms with Crippen LogP contribution < -0.4 is 11.1 Å². The Labute approximate surface area is 137 Å². The van der Waals surface area contributed by atoms with E-state index in [0.29, 0.717) is 16.8 Å². The number of aromatic nitrogens is 2. The third kappa shape index (κ3) is 2.12. The summed E-state index contributed by atoms with van der Waals surface area (Å²) in [5.41, 5.74) is 7.88. The quantitative estimate of drug-likeness (QED) is 0.671. The van der Waals surface area contributed by atoms with Gasteiger partial charge in [0, 0.05) is 41.0 Å². The summed E-state index contributed by atoms with van der Waals surface area (Å²) < 4.78 is 29.6. The van der Waals surface area contributed by atoms with E-state index in [1.54, 1.807) is 6.20 Å². The summed E-state index contributed by atoms with van der Waals surface area (Å²) in [7, 11) is 0. The number of aromatic amines is 1. The van der Waals surface area contributed by atoms with Crippen molar-refractivity contribution in [3.8, 4) is 0 Å². The van der Waals surface area contributed by atoms with E-state index in [9.17, 15) is 8.78 Å². The number of anilines is 1. The number of rotatable bonds is 2. The number of fused-ring (bicyclic) bond motifs is 2. The fourth-order valence-electron chi connectivity index (χ4n) is 3.11. The lowest BCUT2D eigenvalue weighted by molar-refractivity contribution is 0.591. The number of halogens is 2. The molecule has 24 heavy (non-hydrogen) atoms. The van der Waals surface area contributed by atoms with E-state index >= 15 is 0 Å². The largest absolute Gasteiger partial charge is 0.358 e. The highest BCUT2D eigenvalue weighted by molar-refractivity contribution is 6.16. The topological polar surface area (TPSA) is 71.1 Å². The van der Waals surface area contributed by atoms with Crippen LogP contribution in [0.1, 0.15) is 37.2 Å². The molecule has 0 fully saturated rings. The first-order valence-electron chi connectivity index (χ1n) is 7.73. The van der Waals surface area contributed by atoms with E-state index in [1.807, 2.05) is 12.3 Å². The highest BCUT2D eigenvalue weighted by Crippen LogP contribution is 2.33. The van der Waals surface area contributed by atoms with Gasteiger partial charge in [-0.1, -0.05) is 0 Å². The van der Waals surface area contributed by atoms with Gasteiger partial charge in [-0.05, 0) is 26.0 Å². The molecule has 1 aromatic carbocycles. The minimum Gasteiger partial charge on any atom is -0.358 e. The summed E-state index contributed by atoms with van der Waals surface area (Å²) in [6.07, 6.45) is 3.04. The van der Waals surface area contributed by atoms with Gasteiger partial charge < -0.3 is 20.6 Å². The van der Waals surface area contributed by atoms with Gasteiger partial charge in [0.15, 0.2) is 0 Å².